The van der Waals surface area contributed by atoms with Gasteiger partial charge in [0, 0.05) is 17.4 Å². The van der Waals surface area contributed by atoms with Crippen LogP contribution in [0.15, 0.2) is 40.9 Å². The normalized spacial score (nSPS) is 15.3. The highest BCUT2D eigenvalue weighted by Gasteiger charge is 2.21. The molecule has 1 saturated heterocycles. The Bertz CT molecular complexity index is 795. The molecular weight excluding hydrogens is 269 g/mol. The van der Waals surface area contributed by atoms with Gasteiger partial charge in [-0.1, -0.05) is 29.4 Å². The zero-order valence-electron chi connectivity index (χ0n) is 11.3. The van der Waals surface area contributed by atoms with E-state index in [9.17, 15) is 4.39 Å². The number of nitrogens with zero attached hydrogens (tertiary/aromatic N) is 2. The lowest BCUT2D eigenvalue weighted by molar-refractivity contribution is 0.296. The summed E-state index contributed by atoms with van der Waals surface area (Å²) < 4.78 is 19.2. The molecule has 3 aromatic rings. The first-order chi connectivity index (χ1) is 10.3. The Morgan fingerprint density at radius 1 is 1.14 bits per heavy atom. The third-order valence-electron chi connectivity index (χ3n) is 3.91. The summed E-state index contributed by atoms with van der Waals surface area (Å²) in [5.41, 5.74) is 0.800. The highest BCUT2D eigenvalue weighted by molar-refractivity contribution is 5.95. The molecule has 0 amide bonds. The average molecular weight is 283 g/mol. The Balaban J connectivity index is 1.74. The topological polar surface area (TPSA) is 51.0 Å². The van der Waals surface area contributed by atoms with E-state index in [1.807, 2.05) is 18.2 Å². The predicted octanol–water partition coefficient (Wildman–Crippen LogP) is 2.79. The third kappa shape index (κ3) is 2.19. The van der Waals surface area contributed by atoms with Gasteiger partial charge in [0.25, 0.3) is 0 Å². The molecule has 2 heterocycles. The lowest BCUT2D eigenvalue weighted by Crippen LogP contribution is -2.43. The first-order valence-corrected chi connectivity index (χ1v) is 7.02. The molecule has 1 aliphatic heterocycles. The van der Waals surface area contributed by atoms with Crippen LogP contribution in [0.5, 0.6) is 0 Å². The van der Waals surface area contributed by atoms with Crippen LogP contribution in [-0.2, 0) is 6.42 Å². The molecule has 0 unspecified atom stereocenters. The Hall–Kier alpha value is -2.27. The van der Waals surface area contributed by atoms with Gasteiger partial charge in [0.2, 0.25) is 11.7 Å². The second-order valence-electron chi connectivity index (χ2n) is 5.38. The molecule has 4 rings (SSSR count). The van der Waals surface area contributed by atoms with Crippen molar-refractivity contribution in [2.24, 2.45) is 5.92 Å². The van der Waals surface area contributed by atoms with Gasteiger partial charge in [-0.15, -0.1) is 0 Å². The van der Waals surface area contributed by atoms with Gasteiger partial charge in [-0.25, -0.2) is 4.39 Å². The van der Waals surface area contributed by atoms with Crippen LogP contribution in [0.2, 0.25) is 0 Å². The van der Waals surface area contributed by atoms with Crippen molar-refractivity contribution in [2.75, 3.05) is 13.1 Å². The SMILES string of the molecule is Fc1ccc(-c2noc(CC3CNC3)n2)c2ccccc12. The predicted molar refractivity (Wildman–Crippen MR) is 77.3 cm³/mol. The molecule has 1 aliphatic rings. The van der Waals surface area contributed by atoms with Crippen LogP contribution in [0.25, 0.3) is 22.2 Å². The van der Waals surface area contributed by atoms with Gasteiger partial charge in [-0.2, -0.15) is 4.98 Å². The van der Waals surface area contributed by atoms with E-state index in [4.69, 9.17) is 4.52 Å². The van der Waals surface area contributed by atoms with E-state index in [1.165, 1.54) is 6.07 Å². The fraction of sp³-hybridized carbons (Fsp3) is 0.250. The Morgan fingerprint density at radius 2 is 1.95 bits per heavy atom. The van der Waals surface area contributed by atoms with Gasteiger partial charge < -0.3 is 9.84 Å². The molecule has 1 N–H and O–H groups in total. The largest absolute Gasteiger partial charge is 0.339 e. The summed E-state index contributed by atoms with van der Waals surface area (Å²) in [5, 5.41) is 8.64. The summed E-state index contributed by atoms with van der Waals surface area (Å²) in [6.45, 7) is 1.99. The summed E-state index contributed by atoms with van der Waals surface area (Å²) in [5.74, 6) is 1.50. The van der Waals surface area contributed by atoms with Gasteiger partial charge in [0.05, 0.1) is 0 Å². The van der Waals surface area contributed by atoms with E-state index in [0.29, 0.717) is 23.0 Å². The number of rotatable bonds is 3. The number of fused-ring (bicyclic) bond motifs is 1. The van der Waals surface area contributed by atoms with Gasteiger partial charge >= 0.3 is 0 Å². The van der Waals surface area contributed by atoms with Crippen LogP contribution in [0.3, 0.4) is 0 Å². The van der Waals surface area contributed by atoms with Crippen LogP contribution < -0.4 is 5.32 Å². The second-order valence-corrected chi connectivity index (χ2v) is 5.38. The molecule has 0 spiro atoms. The number of benzene rings is 2. The van der Waals surface area contributed by atoms with Crippen molar-refractivity contribution in [1.82, 2.24) is 15.5 Å². The molecule has 5 heteroatoms. The summed E-state index contributed by atoms with van der Waals surface area (Å²) in [6, 6.07) is 10.5. The highest BCUT2D eigenvalue weighted by atomic mass is 19.1. The molecular formula is C16H14FN3O. The highest BCUT2D eigenvalue weighted by Crippen LogP contribution is 2.28. The van der Waals surface area contributed by atoms with Gasteiger partial charge in [-0.3, -0.25) is 0 Å². The molecule has 21 heavy (non-hydrogen) atoms. The number of hydrogen-bond acceptors (Lipinski definition) is 4. The van der Waals surface area contributed by atoms with E-state index in [0.717, 1.165) is 30.5 Å². The van der Waals surface area contributed by atoms with Gasteiger partial charge in [0.15, 0.2) is 0 Å². The number of nitrogens with one attached hydrogen (secondary N) is 1. The Morgan fingerprint density at radius 3 is 2.71 bits per heavy atom. The lowest BCUT2D eigenvalue weighted by Gasteiger charge is -2.25. The number of aromatic nitrogens is 2. The van der Waals surface area contributed by atoms with E-state index >= 15 is 0 Å². The molecule has 106 valence electrons. The van der Waals surface area contributed by atoms with Crippen LogP contribution in [0.4, 0.5) is 4.39 Å². The minimum absolute atomic E-state index is 0.237. The first kappa shape index (κ1) is 12.5. The second kappa shape index (κ2) is 4.93. The first-order valence-electron chi connectivity index (χ1n) is 7.02. The number of hydrogen-bond donors (Lipinski definition) is 1. The Labute approximate surface area is 121 Å². The molecule has 0 atom stereocenters. The van der Waals surface area contributed by atoms with Crippen molar-refractivity contribution < 1.29 is 8.91 Å². The van der Waals surface area contributed by atoms with Crippen molar-refractivity contribution in [2.45, 2.75) is 6.42 Å². The maximum Gasteiger partial charge on any atom is 0.227 e. The van der Waals surface area contributed by atoms with Crippen molar-refractivity contribution in [3.63, 3.8) is 0 Å². The molecule has 0 saturated carbocycles. The lowest BCUT2D eigenvalue weighted by atomic mass is 9.99. The van der Waals surface area contributed by atoms with E-state index in [1.54, 1.807) is 12.1 Å². The standard InChI is InChI=1S/C16H14FN3O/c17-14-6-5-13(11-3-1-2-4-12(11)14)16-19-15(21-20-16)7-10-8-18-9-10/h1-6,10,18H,7-9H2. The maximum absolute atomic E-state index is 13.8. The Kier molecular flexibility index (Phi) is 2.93. The van der Waals surface area contributed by atoms with E-state index < -0.39 is 0 Å². The van der Waals surface area contributed by atoms with Crippen LogP contribution in [0, 0.1) is 11.7 Å². The van der Waals surface area contributed by atoms with Gasteiger partial charge in [-0.05, 0) is 36.5 Å². The van der Waals surface area contributed by atoms with Crippen molar-refractivity contribution in [3.8, 4) is 11.4 Å². The van der Waals surface area contributed by atoms with Crippen LogP contribution >= 0.6 is 0 Å². The van der Waals surface area contributed by atoms with Crippen LogP contribution in [-0.4, -0.2) is 23.2 Å². The fourth-order valence-corrected chi connectivity index (χ4v) is 2.64. The number of halogens is 1. The molecule has 1 fully saturated rings. The van der Waals surface area contributed by atoms with Crippen molar-refractivity contribution >= 4 is 10.8 Å². The van der Waals surface area contributed by atoms with Crippen molar-refractivity contribution in [3.05, 3.63) is 48.1 Å². The quantitative estimate of drug-likeness (QED) is 0.803. The van der Waals surface area contributed by atoms with Gasteiger partial charge in [0.1, 0.15) is 5.82 Å². The van der Waals surface area contributed by atoms with Crippen molar-refractivity contribution in [1.29, 1.82) is 0 Å². The summed E-state index contributed by atoms with van der Waals surface area (Å²) in [4.78, 5) is 4.45. The molecule has 4 nitrogen and oxygen atoms in total. The fourth-order valence-electron chi connectivity index (χ4n) is 2.64. The molecule has 0 radical (unpaired) electrons. The molecule has 0 bridgehead atoms. The summed E-state index contributed by atoms with van der Waals surface area (Å²) in [6.07, 6.45) is 0.791. The third-order valence-corrected chi connectivity index (χ3v) is 3.91. The summed E-state index contributed by atoms with van der Waals surface area (Å²) in [7, 11) is 0. The maximum atomic E-state index is 13.8. The summed E-state index contributed by atoms with van der Waals surface area (Å²) >= 11 is 0. The molecule has 0 aliphatic carbocycles. The van der Waals surface area contributed by atoms with E-state index in [2.05, 4.69) is 15.5 Å². The molecule has 1 aromatic heterocycles. The minimum Gasteiger partial charge on any atom is -0.339 e. The monoisotopic (exact) mass is 283 g/mol. The average Bonchev–Trinajstić information content (AvgIpc) is 2.92. The smallest absolute Gasteiger partial charge is 0.227 e. The van der Waals surface area contributed by atoms with E-state index in [-0.39, 0.29) is 5.82 Å². The van der Waals surface area contributed by atoms with Crippen LogP contribution in [0.1, 0.15) is 5.89 Å². The zero-order chi connectivity index (χ0) is 14.2. The zero-order valence-corrected chi connectivity index (χ0v) is 11.3. The minimum atomic E-state index is -0.237. The molecule has 2 aromatic carbocycles.